The van der Waals surface area contributed by atoms with Gasteiger partial charge in [-0.15, -0.1) is 0 Å². The maximum atomic E-state index is 14.7. The number of nitrogens with zero attached hydrogens (tertiary/aromatic N) is 1. The highest BCUT2D eigenvalue weighted by Crippen LogP contribution is 2.60. The van der Waals surface area contributed by atoms with Crippen molar-refractivity contribution in [1.82, 2.24) is 4.98 Å². The Bertz CT molecular complexity index is 1260. The van der Waals surface area contributed by atoms with Crippen molar-refractivity contribution in [2.75, 3.05) is 0 Å². The van der Waals surface area contributed by atoms with Crippen molar-refractivity contribution < 1.29 is 13.6 Å². The van der Waals surface area contributed by atoms with Gasteiger partial charge in [-0.25, -0.2) is 4.39 Å². The molecule has 5 rings (SSSR count). The fourth-order valence-electron chi connectivity index (χ4n) is 7.07. The number of fused-ring (bicyclic) bond motifs is 4. The third-order valence-corrected chi connectivity index (χ3v) is 14.7. The van der Waals surface area contributed by atoms with E-state index < -0.39 is 14.0 Å². The van der Waals surface area contributed by atoms with E-state index in [0.717, 1.165) is 31.2 Å². The molecule has 3 nitrogen and oxygen atoms in total. The van der Waals surface area contributed by atoms with Gasteiger partial charge in [0.1, 0.15) is 11.8 Å². The molecule has 1 aromatic carbocycles. The molecule has 1 saturated carbocycles. The summed E-state index contributed by atoms with van der Waals surface area (Å²) in [5.41, 5.74) is 6.65. The number of benzene rings is 1. The van der Waals surface area contributed by atoms with E-state index in [4.69, 9.17) is 14.1 Å². The highest BCUT2D eigenvalue weighted by Gasteiger charge is 2.54. The molecular formula is C35H52FNO2Si. The first-order valence-corrected chi connectivity index (χ1v) is 18.5. The van der Waals surface area contributed by atoms with Gasteiger partial charge in [0.05, 0.1) is 11.7 Å². The van der Waals surface area contributed by atoms with Crippen LogP contribution in [0, 0.1) is 5.41 Å². The minimum absolute atomic E-state index is 0.0247. The summed E-state index contributed by atoms with van der Waals surface area (Å²) in [5, 5.41) is 0.124. The summed E-state index contributed by atoms with van der Waals surface area (Å²) in [6, 6.07) is 8.03. The van der Waals surface area contributed by atoms with E-state index in [0.29, 0.717) is 5.56 Å². The Morgan fingerprint density at radius 1 is 1.00 bits per heavy atom. The molecule has 1 aromatic heterocycles. The highest BCUT2D eigenvalue weighted by atomic mass is 28.4. The summed E-state index contributed by atoms with van der Waals surface area (Å²) < 4.78 is 29.3. The predicted molar refractivity (Wildman–Crippen MR) is 165 cm³/mol. The highest BCUT2D eigenvalue weighted by molar-refractivity contribution is 6.74. The second-order valence-electron chi connectivity index (χ2n) is 16.0. The van der Waals surface area contributed by atoms with Gasteiger partial charge < -0.3 is 9.16 Å². The molecule has 0 bridgehead atoms. The molecule has 0 radical (unpaired) electrons. The lowest BCUT2D eigenvalue weighted by molar-refractivity contribution is -0.0579. The summed E-state index contributed by atoms with van der Waals surface area (Å²) in [7, 11) is -2.05. The van der Waals surface area contributed by atoms with Crippen LogP contribution in [-0.2, 0) is 26.9 Å². The zero-order valence-electron chi connectivity index (χ0n) is 26.9. The lowest BCUT2D eigenvalue weighted by Crippen LogP contribution is -2.44. The van der Waals surface area contributed by atoms with Crippen molar-refractivity contribution in [3.05, 3.63) is 63.5 Å². The summed E-state index contributed by atoms with van der Waals surface area (Å²) >= 11 is 0. The second kappa shape index (κ2) is 9.74. The van der Waals surface area contributed by atoms with Crippen LogP contribution in [0.4, 0.5) is 4.39 Å². The van der Waals surface area contributed by atoms with Crippen molar-refractivity contribution in [3.8, 4) is 0 Å². The van der Waals surface area contributed by atoms with Crippen LogP contribution in [0.1, 0.15) is 152 Å². The first-order chi connectivity index (χ1) is 18.4. The lowest BCUT2D eigenvalue weighted by atomic mass is 9.70. The van der Waals surface area contributed by atoms with Crippen molar-refractivity contribution >= 4 is 8.32 Å². The molecule has 5 heteroatoms. The SMILES string of the molecule is CC(C)c1nc2c(c3c1[C@@H](c1ccc(C(C)(C)F)cc1)OC31CCCC1)[C@@H](O[Si](C)(C)C(C)(C)C)CC(C)(C)C2. The van der Waals surface area contributed by atoms with Gasteiger partial charge in [-0.05, 0) is 85.7 Å². The molecular weight excluding hydrogens is 513 g/mol. The molecule has 2 atom stereocenters. The van der Waals surface area contributed by atoms with Crippen LogP contribution in [0.25, 0.3) is 0 Å². The average Bonchev–Trinajstić information content (AvgIpc) is 3.41. The predicted octanol–water partition coefficient (Wildman–Crippen LogP) is 10.3. The molecule has 220 valence electrons. The van der Waals surface area contributed by atoms with Gasteiger partial charge in [0.2, 0.25) is 0 Å². The number of alkyl halides is 1. The lowest BCUT2D eigenvalue weighted by Gasteiger charge is -2.45. The summed E-state index contributed by atoms with van der Waals surface area (Å²) in [6.07, 6.45) is 6.23. The summed E-state index contributed by atoms with van der Waals surface area (Å²) in [5.74, 6) is 0.274. The minimum Gasteiger partial charge on any atom is -0.410 e. The first kappa shape index (κ1) is 29.9. The third kappa shape index (κ3) is 5.13. The molecule has 1 fully saturated rings. The molecule has 0 N–H and O–H groups in total. The number of halogens is 1. The molecule has 1 spiro atoms. The van der Waals surface area contributed by atoms with E-state index in [-0.39, 0.29) is 34.2 Å². The van der Waals surface area contributed by atoms with E-state index in [2.05, 4.69) is 73.7 Å². The number of aromatic nitrogens is 1. The van der Waals surface area contributed by atoms with Gasteiger partial charge in [-0.2, -0.15) is 0 Å². The molecule has 0 amide bonds. The maximum Gasteiger partial charge on any atom is 0.192 e. The van der Waals surface area contributed by atoms with Crippen LogP contribution in [0.2, 0.25) is 18.1 Å². The van der Waals surface area contributed by atoms with Gasteiger partial charge in [0.15, 0.2) is 8.32 Å². The minimum atomic E-state index is -2.05. The normalized spacial score (nSPS) is 24.0. The van der Waals surface area contributed by atoms with Gasteiger partial charge in [-0.1, -0.05) is 85.6 Å². The number of hydrogen-bond donors (Lipinski definition) is 0. The van der Waals surface area contributed by atoms with Crippen LogP contribution in [0.15, 0.2) is 24.3 Å². The van der Waals surface area contributed by atoms with Crippen LogP contribution in [-0.4, -0.2) is 13.3 Å². The zero-order chi connectivity index (χ0) is 29.5. The van der Waals surface area contributed by atoms with Gasteiger partial charge in [0, 0.05) is 22.5 Å². The summed E-state index contributed by atoms with van der Waals surface area (Å²) in [6.45, 7) is 24.3. The molecule has 2 aliphatic carbocycles. The molecule has 1 aliphatic heterocycles. The Balaban J connectivity index is 1.75. The van der Waals surface area contributed by atoms with E-state index >= 15 is 0 Å². The molecule has 0 saturated heterocycles. The van der Waals surface area contributed by atoms with Crippen LogP contribution in [0.3, 0.4) is 0 Å². The van der Waals surface area contributed by atoms with Crippen molar-refractivity contribution in [2.24, 2.45) is 5.41 Å². The molecule has 2 aromatic rings. The smallest absolute Gasteiger partial charge is 0.192 e. The standard InChI is InChI=1S/C35H52FNO2Si/c1-22(2)30-28-29(27-25(37-30)20-33(6,7)21-26(27)39-40(10,11)32(3,4)5)35(18-12-13-19-35)38-31(28)23-14-16-24(17-15-23)34(8,9)36/h14-17,22,26,31H,12-13,18-21H2,1-11H3/t26-,31+/m0/s1. The number of hydrogen-bond acceptors (Lipinski definition) is 3. The Labute approximate surface area is 243 Å². The molecule has 3 aliphatic rings. The quantitative estimate of drug-likeness (QED) is 0.338. The molecule has 2 heterocycles. The van der Waals surface area contributed by atoms with Crippen LogP contribution < -0.4 is 0 Å². The topological polar surface area (TPSA) is 31.4 Å². The van der Waals surface area contributed by atoms with Crippen LogP contribution >= 0.6 is 0 Å². The Hall–Kier alpha value is -1.56. The fraction of sp³-hybridized carbons (Fsp3) is 0.686. The van der Waals surface area contributed by atoms with E-state index in [1.165, 1.54) is 40.9 Å². The average molecular weight is 566 g/mol. The fourth-order valence-corrected chi connectivity index (χ4v) is 8.34. The number of pyridine rings is 1. The Kier molecular flexibility index (Phi) is 7.28. The maximum absolute atomic E-state index is 14.7. The van der Waals surface area contributed by atoms with Crippen LogP contribution in [0.5, 0.6) is 0 Å². The Morgan fingerprint density at radius 2 is 1.60 bits per heavy atom. The largest absolute Gasteiger partial charge is 0.410 e. The van der Waals surface area contributed by atoms with Crippen molar-refractivity contribution in [2.45, 2.75) is 148 Å². The zero-order valence-corrected chi connectivity index (χ0v) is 27.9. The van der Waals surface area contributed by atoms with Gasteiger partial charge >= 0.3 is 0 Å². The first-order valence-electron chi connectivity index (χ1n) is 15.6. The van der Waals surface area contributed by atoms with Gasteiger partial charge in [-0.3, -0.25) is 4.98 Å². The Morgan fingerprint density at radius 3 is 2.12 bits per heavy atom. The van der Waals surface area contributed by atoms with Crippen molar-refractivity contribution in [1.29, 1.82) is 0 Å². The number of ether oxygens (including phenoxy) is 1. The van der Waals surface area contributed by atoms with Gasteiger partial charge in [0.25, 0.3) is 0 Å². The van der Waals surface area contributed by atoms with Crippen molar-refractivity contribution in [3.63, 3.8) is 0 Å². The third-order valence-electron chi connectivity index (χ3n) is 10.2. The second-order valence-corrected chi connectivity index (χ2v) is 20.8. The molecule has 40 heavy (non-hydrogen) atoms. The molecule has 0 unspecified atom stereocenters. The van der Waals surface area contributed by atoms with E-state index in [1.54, 1.807) is 13.8 Å². The van der Waals surface area contributed by atoms with E-state index in [9.17, 15) is 4.39 Å². The monoisotopic (exact) mass is 565 g/mol. The number of rotatable bonds is 5. The van der Waals surface area contributed by atoms with E-state index in [1.807, 2.05) is 12.1 Å². The summed E-state index contributed by atoms with van der Waals surface area (Å²) in [4.78, 5) is 5.51.